The molecule has 0 atom stereocenters. The van der Waals surface area contributed by atoms with E-state index in [-0.39, 0.29) is 5.78 Å². The number of benzene rings is 2. The summed E-state index contributed by atoms with van der Waals surface area (Å²) in [5, 5.41) is 6.63. The van der Waals surface area contributed by atoms with E-state index in [2.05, 4.69) is 22.7 Å². The predicted octanol–water partition coefficient (Wildman–Crippen LogP) is 2.49. The van der Waals surface area contributed by atoms with Crippen molar-refractivity contribution in [3.8, 4) is 0 Å². The standard InChI is InChI=1S/C17H19N3O2/c1-13(21)17(20-8-10-22-11-9-20)19-18-16-7-6-14-4-2-3-5-15(14)12-16/h2-7,12,18H,8-11H2,1H3. The molecule has 2 aromatic rings. The van der Waals surface area contributed by atoms with Crippen LogP contribution < -0.4 is 5.43 Å². The largest absolute Gasteiger partial charge is 0.378 e. The minimum Gasteiger partial charge on any atom is -0.378 e. The number of rotatable bonds is 3. The van der Waals surface area contributed by atoms with E-state index in [1.807, 2.05) is 35.2 Å². The fourth-order valence-corrected chi connectivity index (χ4v) is 2.52. The molecule has 1 aliphatic heterocycles. The van der Waals surface area contributed by atoms with Crippen molar-refractivity contribution in [3.05, 3.63) is 42.5 Å². The molecule has 114 valence electrons. The van der Waals surface area contributed by atoms with Crippen LogP contribution >= 0.6 is 0 Å². The lowest BCUT2D eigenvalue weighted by molar-refractivity contribution is -0.112. The van der Waals surface area contributed by atoms with Crippen molar-refractivity contribution in [1.29, 1.82) is 0 Å². The Hall–Kier alpha value is -2.40. The van der Waals surface area contributed by atoms with Crippen LogP contribution in [0, 0.1) is 0 Å². The first-order chi connectivity index (χ1) is 10.7. The van der Waals surface area contributed by atoms with Gasteiger partial charge in [0.2, 0.25) is 0 Å². The molecule has 22 heavy (non-hydrogen) atoms. The smallest absolute Gasteiger partial charge is 0.196 e. The van der Waals surface area contributed by atoms with E-state index in [9.17, 15) is 4.79 Å². The van der Waals surface area contributed by atoms with Crippen LogP contribution in [0.25, 0.3) is 10.8 Å². The van der Waals surface area contributed by atoms with Crippen LogP contribution in [0.5, 0.6) is 0 Å². The molecule has 0 saturated carbocycles. The van der Waals surface area contributed by atoms with E-state index in [4.69, 9.17) is 4.74 Å². The molecule has 0 spiro atoms. The lowest BCUT2D eigenvalue weighted by Gasteiger charge is -2.28. The average molecular weight is 297 g/mol. The fourth-order valence-electron chi connectivity index (χ4n) is 2.52. The highest BCUT2D eigenvalue weighted by Crippen LogP contribution is 2.18. The van der Waals surface area contributed by atoms with Gasteiger partial charge in [-0.2, -0.15) is 5.10 Å². The van der Waals surface area contributed by atoms with Gasteiger partial charge in [-0.15, -0.1) is 0 Å². The summed E-state index contributed by atoms with van der Waals surface area (Å²) in [7, 11) is 0. The molecule has 0 amide bonds. The van der Waals surface area contributed by atoms with Crippen molar-refractivity contribution in [2.75, 3.05) is 31.7 Å². The van der Waals surface area contributed by atoms with Crippen molar-refractivity contribution < 1.29 is 9.53 Å². The van der Waals surface area contributed by atoms with Crippen LogP contribution in [-0.4, -0.2) is 42.8 Å². The number of hydrazone groups is 1. The Morgan fingerprint density at radius 1 is 1.14 bits per heavy atom. The van der Waals surface area contributed by atoms with Gasteiger partial charge in [0.05, 0.1) is 18.9 Å². The first-order valence-corrected chi connectivity index (χ1v) is 7.40. The van der Waals surface area contributed by atoms with Crippen molar-refractivity contribution in [3.63, 3.8) is 0 Å². The molecule has 0 unspecified atom stereocenters. The summed E-state index contributed by atoms with van der Waals surface area (Å²) in [4.78, 5) is 13.8. The summed E-state index contributed by atoms with van der Waals surface area (Å²) in [6.45, 7) is 4.18. The summed E-state index contributed by atoms with van der Waals surface area (Å²) in [6.07, 6.45) is 0. The maximum absolute atomic E-state index is 11.8. The van der Waals surface area contributed by atoms with Gasteiger partial charge in [-0.25, -0.2) is 0 Å². The average Bonchev–Trinajstić information content (AvgIpc) is 2.55. The number of nitrogens with one attached hydrogen (secondary N) is 1. The molecule has 5 heteroatoms. The van der Waals surface area contributed by atoms with Gasteiger partial charge < -0.3 is 9.64 Å². The second-order valence-electron chi connectivity index (χ2n) is 5.26. The summed E-state index contributed by atoms with van der Waals surface area (Å²) in [6, 6.07) is 14.2. The van der Waals surface area contributed by atoms with E-state index in [1.54, 1.807) is 0 Å². The van der Waals surface area contributed by atoms with Crippen LogP contribution in [0.15, 0.2) is 47.6 Å². The lowest BCUT2D eigenvalue weighted by atomic mass is 10.1. The van der Waals surface area contributed by atoms with Crippen LogP contribution in [0.3, 0.4) is 0 Å². The molecule has 1 N–H and O–H groups in total. The molecule has 1 heterocycles. The number of hydrogen-bond donors (Lipinski definition) is 1. The van der Waals surface area contributed by atoms with Gasteiger partial charge >= 0.3 is 0 Å². The molecule has 0 radical (unpaired) electrons. The number of Topliss-reactive ketones (excluding diaryl/α,β-unsaturated/α-hetero) is 1. The zero-order valence-electron chi connectivity index (χ0n) is 12.6. The van der Waals surface area contributed by atoms with E-state index < -0.39 is 0 Å². The Bertz CT molecular complexity index is 706. The highest BCUT2D eigenvalue weighted by molar-refractivity contribution is 6.37. The SMILES string of the molecule is CC(=O)C(=NNc1ccc2ccccc2c1)N1CCOCC1. The number of anilines is 1. The van der Waals surface area contributed by atoms with Gasteiger partial charge in [0, 0.05) is 20.0 Å². The molecule has 1 saturated heterocycles. The second kappa shape index (κ2) is 6.58. The van der Waals surface area contributed by atoms with E-state index in [1.165, 1.54) is 12.3 Å². The Morgan fingerprint density at radius 2 is 1.86 bits per heavy atom. The normalized spacial score (nSPS) is 15.9. The van der Waals surface area contributed by atoms with Gasteiger partial charge in [-0.3, -0.25) is 10.2 Å². The Labute approximate surface area is 129 Å². The second-order valence-corrected chi connectivity index (χ2v) is 5.26. The van der Waals surface area contributed by atoms with Crippen molar-refractivity contribution in [2.24, 2.45) is 5.10 Å². The Morgan fingerprint density at radius 3 is 2.59 bits per heavy atom. The van der Waals surface area contributed by atoms with Crippen LogP contribution in [0.2, 0.25) is 0 Å². The number of ether oxygens (including phenoxy) is 1. The van der Waals surface area contributed by atoms with Crippen LogP contribution in [0.4, 0.5) is 5.69 Å². The zero-order valence-corrected chi connectivity index (χ0v) is 12.6. The predicted molar refractivity (Wildman–Crippen MR) is 88.1 cm³/mol. The quantitative estimate of drug-likeness (QED) is 0.537. The van der Waals surface area contributed by atoms with Gasteiger partial charge in [0.15, 0.2) is 11.6 Å². The molecule has 0 aliphatic carbocycles. The molecule has 3 rings (SSSR count). The van der Waals surface area contributed by atoms with Crippen LogP contribution in [0.1, 0.15) is 6.92 Å². The molecular weight excluding hydrogens is 278 g/mol. The number of hydrogen-bond acceptors (Lipinski definition) is 4. The van der Waals surface area contributed by atoms with Gasteiger partial charge in [-0.1, -0.05) is 30.3 Å². The number of fused-ring (bicyclic) bond motifs is 1. The molecule has 1 fully saturated rings. The van der Waals surface area contributed by atoms with Crippen LogP contribution in [-0.2, 0) is 9.53 Å². The number of morpholine rings is 1. The molecule has 0 bridgehead atoms. The summed E-state index contributed by atoms with van der Waals surface area (Å²) in [5.41, 5.74) is 3.87. The van der Waals surface area contributed by atoms with Gasteiger partial charge in [0.1, 0.15) is 0 Å². The number of carbonyl (C=O) groups is 1. The van der Waals surface area contributed by atoms with E-state index in [0.29, 0.717) is 32.1 Å². The third-order valence-corrected chi connectivity index (χ3v) is 3.67. The van der Waals surface area contributed by atoms with E-state index >= 15 is 0 Å². The monoisotopic (exact) mass is 297 g/mol. The Kier molecular flexibility index (Phi) is 4.34. The molecule has 1 aliphatic rings. The van der Waals surface area contributed by atoms with Gasteiger partial charge in [-0.05, 0) is 22.9 Å². The Balaban J connectivity index is 1.80. The zero-order chi connectivity index (χ0) is 15.4. The lowest BCUT2D eigenvalue weighted by Crippen LogP contribution is -2.44. The highest BCUT2D eigenvalue weighted by atomic mass is 16.5. The highest BCUT2D eigenvalue weighted by Gasteiger charge is 2.18. The first-order valence-electron chi connectivity index (χ1n) is 7.40. The maximum Gasteiger partial charge on any atom is 0.196 e. The van der Waals surface area contributed by atoms with E-state index in [0.717, 1.165) is 11.1 Å². The number of carbonyl (C=O) groups excluding carboxylic acids is 1. The van der Waals surface area contributed by atoms with Crippen molar-refractivity contribution >= 4 is 28.1 Å². The van der Waals surface area contributed by atoms with Crippen molar-refractivity contribution in [2.45, 2.75) is 6.92 Å². The summed E-state index contributed by atoms with van der Waals surface area (Å²) >= 11 is 0. The fraction of sp³-hybridized carbons (Fsp3) is 0.294. The topological polar surface area (TPSA) is 53.9 Å². The summed E-state index contributed by atoms with van der Waals surface area (Å²) in [5.74, 6) is 0.409. The minimum atomic E-state index is -0.0461. The van der Waals surface area contributed by atoms with Crippen molar-refractivity contribution in [1.82, 2.24) is 4.90 Å². The number of ketones is 1. The third kappa shape index (κ3) is 3.26. The third-order valence-electron chi connectivity index (χ3n) is 3.67. The van der Waals surface area contributed by atoms with Gasteiger partial charge in [0.25, 0.3) is 0 Å². The number of nitrogens with zero attached hydrogens (tertiary/aromatic N) is 2. The summed E-state index contributed by atoms with van der Waals surface area (Å²) < 4.78 is 5.31. The molecule has 2 aromatic carbocycles. The number of amidine groups is 1. The molecular formula is C17H19N3O2. The molecule has 0 aromatic heterocycles. The molecule has 5 nitrogen and oxygen atoms in total. The maximum atomic E-state index is 11.8. The minimum absolute atomic E-state index is 0.0461. The first kappa shape index (κ1) is 14.5.